The van der Waals surface area contributed by atoms with E-state index in [0.717, 1.165) is 13.0 Å². The molecule has 1 aromatic heterocycles. The molecule has 0 atom stereocenters. The monoisotopic (exact) mass is 187 g/mol. The van der Waals surface area contributed by atoms with Crippen molar-refractivity contribution in [2.24, 2.45) is 0 Å². The molecule has 1 N–H and O–H groups in total. The first-order valence-corrected chi connectivity index (χ1v) is 4.23. The molecule has 14 heavy (non-hydrogen) atoms. The van der Waals surface area contributed by atoms with Crippen LogP contribution in [0.3, 0.4) is 0 Å². The summed E-state index contributed by atoms with van der Waals surface area (Å²) in [5.41, 5.74) is 0.204. The number of rotatable bonds is 3. The van der Waals surface area contributed by atoms with Crippen molar-refractivity contribution in [3.8, 4) is 12.1 Å². The molecule has 1 aromatic rings. The minimum atomic E-state index is 0.0163. The lowest BCUT2D eigenvalue weighted by molar-refractivity contribution is 0.959. The van der Waals surface area contributed by atoms with E-state index in [1.165, 1.54) is 6.07 Å². The van der Waals surface area contributed by atoms with E-state index in [2.05, 4.69) is 15.3 Å². The van der Waals surface area contributed by atoms with E-state index in [4.69, 9.17) is 10.5 Å². The maximum Gasteiger partial charge on any atom is 0.235 e. The Balaban J connectivity index is 2.95. The average Bonchev–Trinajstić information content (AvgIpc) is 2.25. The van der Waals surface area contributed by atoms with Crippen molar-refractivity contribution in [1.29, 1.82) is 10.5 Å². The number of aromatic nitrogens is 2. The van der Waals surface area contributed by atoms with Crippen LogP contribution in [0.4, 0.5) is 5.82 Å². The highest BCUT2D eigenvalue weighted by atomic mass is 15.0. The zero-order chi connectivity index (χ0) is 10.4. The van der Waals surface area contributed by atoms with Crippen LogP contribution in [0.25, 0.3) is 0 Å². The summed E-state index contributed by atoms with van der Waals surface area (Å²) in [6.07, 6.45) is 0.952. The Bertz CT molecular complexity index is 366. The highest BCUT2D eigenvalue weighted by molar-refractivity contribution is 5.41. The first-order valence-electron chi connectivity index (χ1n) is 4.23. The quantitative estimate of drug-likeness (QED) is 0.764. The third kappa shape index (κ3) is 2.43. The van der Waals surface area contributed by atoms with Crippen LogP contribution in [0.5, 0.6) is 0 Å². The fraction of sp³-hybridized carbons (Fsp3) is 0.333. The Hall–Kier alpha value is -2.14. The van der Waals surface area contributed by atoms with E-state index >= 15 is 0 Å². The van der Waals surface area contributed by atoms with Crippen LogP contribution in [-0.2, 0) is 0 Å². The predicted molar refractivity (Wildman–Crippen MR) is 50.2 cm³/mol. The molecule has 0 unspecified atom stereocenters. The van der Waals surface area contributed by atoms with E-state index < -0.39 is 0 Å². The van der Waals surface area contributed by atoms with Gasteiger partial charge in [-0.05, 0) is 6.42 Å². The van der Waals surface area contributed by atoms with Gasteiger partial charge in [0.15, 0.2) is 0 Å². The topological polar surface area (TPSA) is 85.4 Å². The van der Waals surface area contributed by atoms with Crippen LogP contribution in [0.15, 0.2) is 6.07 Å². The van der Waals surface area contributed by atoms with E-state index in [9.17, 15) is 0 Å². The van der Waals surface area contributed by atoms with Gasteiger partial charge in [-0.3, -0.25) is 0 Å². The summed E-state index contributed by atoms with van der Waals surface area (Å²) in [6, 6.07) is 5.21. The smallest absolute Gasteiger partial charge is 0.235 e. The third-order valence-electron chi connectivity index (χ3n) is 1.50. The summed E-state index contributed by atoms with van der Waals surface area (Å²) in [4.78, 5) is 7.61. The average molecular weight is 187 g/mol. The summed E-state index contributed by atoms with van der Waals surface area (Å²) in [7, 11) is 0. The number of hydrogen-bond donors (Lipinski definition) is 1. The van der Waals surface area contributed by atoms with Crippen LogP contribution in [0, 0.1) is 22.7 Å². The van der Waals surface area contributed by atoms with E-state index in [1.807, 2.05) is 13.0 Å². The molecule has 1 rings (SSSR count). The summed E-state index contributed by atoms with van der Waals surface area (Å²) >= 11 is 0. The lowest BCUT2D eigenvalue weighted by Gasteiger charge is -2.02. The van der Waals surface area contributed by atoms with Gasteiger partial charge in [0.1, 0.15) is 23.7 Å². The molecule has 0 spiro atoms. The van der Waals surface area contributed by atoms with Gasteiger partial charge >= 0.3 is 0 Å². The van der Waals surface area contributed by atoms with Crippen LogP contribution >= 0.6 is 0 Å². The molecule has 0 saturated heterocycles. The molecule has 70 valence electrons. The van der Waals surface area contributed by atoms with Gasteiger partial charge in [-0.2, -0.15) is 10.5 Å². The van der Waals surface area contributed by atoms with E-state index in [0.29, 0.717) is 5.82 Å². The SMILES string of the molecule is CCCNc1cc(C#N)nc(C#N)n1. The largest absolute Gasteiger partial charge is 0.370 e. The van der Waals surface area contributed by atoms with Gasteiger partial charge in [0.2, 0.25) is 5.82 Å². The minimum absolute atomic E-state index is 0.0163. The molecule has 0 fully saturated rings. The van der Waals surface area contributed by atoms with Gasteiger partial charge in [-0.15, -0.1) is 0 Å². The molecule has 0 aliphatic heterocycles. The fourth-order valence-electron chi connectivity index (χ4n) is 0.898. The van der Waals surface area contributed by atoms with Gasteiger partial charge < -0.3 is 5.32 Å². The Morgan fingerprint density at radius 1 is 1.36 bits per heavy atom. The highest BCUT2D eigenvalue weighted by Gasteiger charge is 2.02. The predicted octanol–water partition coefficient (Wildman–Crippen LogP) is 1.04. The summed E-state index contributed by atoms with van der Waals surface area (Å²) < 4.78 is 0. The molecule has 0 aliphatic carbocycles. The van der Waals surface area contributed by atoms with Crippen LogP contribution in [-0.4, -0.2) is 16.5 Å². The first-order chi connectivity index (χ1) is 6.80. The number of nitriles is 2. The molecular formula is C9H9N5. The van der Waals surface area contributed by atoms with Gasteiger partial charge in [0.05, 0.1) is 0 Å². The van der Waals surface area contributed by atoms with Crippen molar-refractivity contribution in [2.45, 2.75) is 13.3 Å². The maximum atomic E-state index is 8.63. The number of nitrogens with zero attached hydrogens (tertiary/aromatic N) is 4. The standard InChI is InChI=1S/C9H9N5/c1-2-3-12-8-4-7(5-10)13-9(6-11)14-8/h4H,2-3H2,1H3,(H,12,13,14). The minimum Gasteiger partial charge on any atom is -0.370 e. The molecule has 0 aromatic carbocycles. The van der Waals surface area contributed by atoms with Crippen molar-refractivity contribution in [2.75, 3.05) is 11.9 Å². The number of hydrogen-bond acceptors (Lipinski definition) is 5. The maximum absolute atomic E-state index is 8.63. The van der Waals surface area contributed by atoms with Gasteiger partial charge in [0, 0.05) is 12.6 Å². The molecule has 0 bridgehead atoms. The molecule has 0 amide bonds. The molecular weight excluding hydrogens is 178 g/mol. The van der Waals surface area contributed by atoms with Gasteiger partial charge in [-0.1, -0.05) is 6.92 Å². The molecule has 0 radical (unpaired) electrons. The molecule has 5 heteroatoms. The molecule has 0 saturated carbocycles. The first kappa shape index (κ1) is 9.94. The van der Waals surface area contributed by atoms with Crippen molar-refractivity contribution in [1.82, 2.24) is 9.97 Å². The van der Waals surface area contributed by atoms with Crippen molar-refractivity contribution >= 4 is 5.82 Å². The van der Waals surface area contributed by atoms with Gasteiger partial charge in [0.25, 0.3) is 0 Å². The second kappa shape index (κ2) is 4.78. The van der Waals surface area contributed by atoms with Crippen molar-refractivity contribution in [3.05, 3.63) is 17.6 Å². The van der Waals surface area contributed by atoms with Crippen LogP contribution in [0.1, 0.15) is 24.9 Å². The lowest BCUT2D eigenvalue weighted by Crippen LogP contribution is -2.04. The molecule has 5 nitrogen and oxygen atoms in total. The summed E-state index contributed by atoms with van der Waals surface area (Å²) in [5.74, 6) is 0.539. The zero-order valence-electron chi connectivity index (χ0n) is 7.78. The highest BCUT2D eigenvalue weighted by Crippen LogP contribution is 2.05. The van der Waals surface area contributed by atoms with Gasteiger partial charge in [-0.25, -0.2) is 9.97 Å². The normalized spacial score (nSPS) is 8.79. The second-order valence-electron chi connectivity index (χ2n) is 2.61. The van der Waals surface area contributed by atoms with E-state index in [1.54, 1.807) is 6.07 Å². The molecule has 0 aliphatic rings. The summed E-state index contributed by atoms with van der Waals surface area (Å²) in [6.45, 7) is 2.78. The van der Waals surface area contributed by atoms with Crippen molar-refractivity contribution < 1.29 is 0 Å². The number of nitrogens with one attached hydrogen (secondary N) is 1. The Morgan fingerprint density at radius 2 is 2.14 bits per heavy atom. The Kier molecular flexibility index (Phi) is 3.40. The molecule has 1 heterocycles. The van der Waals surface area contributed by atoms with Crippen molar-refractivity contribution in [3.63, 3.8) is 0 Å². The Morgan fingerprint density at radius 3 is 2.71 bits per heavy atom. The Labute approximate surface area is 82.0 Å². The summed E-state index contributed by atoms with van der Waals surface area (Å²) in [5, 5.41) is 20.2. The number of anilines is 1. The lowest BCUT2D eigenvalue weighted by atomic mass is 10.4. The van der Waals surface area contributed by atoms with E-state index in [-0.39, 0.29) is 11.5 Å². The third-order valence-corrected chi connectivity index (χ3v) is 1.50. The fourth-order valence-corrected chi connectivity index (χ4v) is 0.898. The van der Waals surface area contributed by atoms with Crippen LogP contribution in [0.2, 0.25) is 0 Å². The zero-order valence-corrected chi connectivity index (χ0v) is 7.78. The second-order valence-corrected chi connectivity index (χ2v) is 2.61. The van der Waals surface area contributed by atoms with Crippen LogP contribution < -0.4 is 5.32 Å².